The van der Waals surface area contributed by atoms with Gasteiger partial charge in [-0.25, -0.2) is 0 Å². The summed E-state index contributed by atoms with van der Waals surface area (Å²) in [6.07, 6.45) is 1.26. The van der Waals surface area contributed by atoms with E-state index in [0.29, 0.717) is 36.2 Å². The van der Waals surface area contributed by atoms with Crippen molar-refractivity contribution in [3.8, 4) is 5.75 Å². The number of hydrogen-bond donors (Lipinski definition) is 2. The smallest absolute Gasteiger partial charge is 0.254 e. The summed E-state index contributed by atoms with van der Waals surface area (Å²) in [5.74, 6) is -0.152. The quantitative estimate of drug-likeness (QED) is 0.820. The molecule has 2 heterocycles. The second-order valence-electron chi connectivity index (χ2n) is 5.13. The molecule has 2 aromatic rings. The number of ether oxygens (including phenoxy) is 1. The molecule has 0 bridgehead atoms. The van der Waals surface area contributed by atoms with Crippen LogP contribution in [-0.2, 0) is 11.8 Å². The van der Waals surface area contributed by atoms with Crippen LogP contribution in [0.4, 0.5) is 0 Å². The van der Waals surface area contributed by atoms with Crippen molar-refractivity contribution in [2.75, 3.05) is 26.3 Å². The van der Waals surface area contributed by atoms with Gasteiger partial charge in [0, 0.05) is 31.1 Å². The number of benzene rings is 1. The summed E-state index contributed by atoms with van der Waals surface area (Å²) in [6, 6.07) is 3.17. The number of carbonyl (C=O) groups excluding carboxylic acids is 1. The molecule has 0 saturated carbocycles. The van der Waals surface area contributed by atoms with Crippen molar-refractivity contribution in [3.05, 3.63) is 23.9 Å². The molecule has 1 fully saturated rings. The Labute approximate surface area is 121 Å². The van der Waals surface area contributed by atoms with Crippen LogP contribution in [0.15, 0.2) is 18.3 Å². The second kappa shape index (κ2) is 5.34. The van der Waals surface area contributed by atoms with E-state index >= 15 is 0 Å². The van der Waals surface area contributed by atoms with E-state index in [-0.39, 0.29) is 24.4 Å². The summed E-state index contributed by atoms with van der Waals surface area (Å²) in [5.41, 5.74) is 1.01. The Morgan fingerprint density at radius 1 is 1.52 bits per heavy atom. The molecule has 21 heavy (non-hydrogen) atoms. The zero-order valence-corrected chi connectivity index (χ0v) is 11.7. The number of aryl methyl sites for hydroxylation is 1. The van der Waals surface area contributed by atoms with Gasteiger partial charge < -0.3 is 19.8 Å². The van der Waals surface area contributed by atoms with Crippen molar-refractivity contribution < 1.29 is 19.7 Å². The van der Waals surface area contributed by atoms with Crippen molar-refractivity contribution in [2.45, 2.75) is 6.10 Å². The summed E-state index contributed by atoms with van der Waals surface area (Å²) in [7, 11) is 1.73. The maximum absolute atomic E-state index is 12.5. The van der Waals surface area contributed by atoms with Crippen LogP contribution in [0.3, 0.4) is 0 Å². The zero-order valence-electron chi connectivity index (χ0n) is 11.7. The minimum Gasteiger partial charge on any atom is -0.506 e. The Kier molecular flexibility index (Phi) is 3.52. The van der Waals surface area contributed by atoms with Crippen molar-refractivity contribution in [3.63, 3.8) is 0 Å². The molecular weight excluding hydrogens is 274 g/mol. The Hall–Kier alpha value is -2.12. The first-order valence-corrected chi connectivity index (χ1v) is 6.76. The minimum absolute atomic E-state index is 0.0304. The number of carbonyl (C=O) groups is 1. The van der Waals surface area contributed by atoms with Crippen LogP contribution in [0.5, 0.6) is 5.75 Å². The van der Waals surface area contributed by atoms with E-state index in [2.05, 4.69) is 5.10 Å². The highest BCUT2D eigenvalue weighted by molar-refractivity contribution is 5.99. The van der Waals surface area contributed by atoms with Crippen molar-refractivity contribution in [1.29, 1.82) is 0 Å². The average Bonchev–Trinajstić information content (AvgIpc) is 2.88. The van der Waals surface area contributed by atoms with Gasteiger partial charge in [-0.1, -0.05) is 0 Å². The normalized spacial score (nSPS) is 19.1. The van der Waals surface area contributed by atoms with Gasteiger partial charge in [0.1, 0.15) is 11.3 Å². The van der Waals surface area contributed by atoms with Gasteiger partial charge in [0.2, 0.25) is 0 Å². The summed E-state index contributed by atoms with van der Waals surface area (Å²) in [6.45, 7) is 1.11. The van der Waals surface area contributed by atoms with Gasteiger partial charge >= 0.3 is 0 Å². The highest BCUT2D eigenvalue weighted by atomic mass is 16.5. The van der Waals surface area contributed by atoms with Crippen LogP contribution in [0.1, 0.15) is 10.4 Å². The molecule has 1 saturated heterocycles. The molecule has 1 aliphatic rings. The van der Waals surface area contributed by atoms with Crippen LogP contribution in [-0.4, -0.2) is 63.2 Å². The van der Waals surface area contributed by atoms with E-state index < -0.39 is 0 Å². The molecule has 3 rings (SSSR count). The van der Waals surface area contributed by atoms with Crippen LogP contribution >= 0.6 is 0 Å². The van der Waals surface area contributed by atoms with Gasteiger partial charge in [0.25, 0.3) is 5.91 Å². The Morgan fingerprint density at radius 3 is 3.10 bits per heavy atom. The third kappa shape index (κ3) is 2.45. The molecule has 0 unspecified atom stereocenters. The predicted octanol–water partition coefficient (Wildman–Crippen LogP) is 0.112. The molecule has 1 aromatic heterocycles. The molecule has 112 valence electrons. The van der Waals surface area contributed by atoms with Crippen LogP contribution < -0.4 is 0 Å². The van der Waals surface area contributed by atoms with Gasteiger partial charge in [0.15, 0.2) is 0 Å². The average molecular weight is 291 g/mol. The van der Waals surface area contributed by atoms with E-state index in [1.165, 1.54) is 6.07 Å². The van der Waals surface area contributed by atoms with E-state index in [1.54, 1.807) is 28.9 Å². The molecule has 7 heteroatoms. The van der Waals surface area contributed by atoms with Gasteiger partial charge in [-0.05, 0) is 12.1 Å². The van der Waals surface area contributed by atoms with Crippen LogP contribution in [0.25, 0.3) is 10.9 Å². The predicted molar refractivity (Wildman–Crippen MR) is 75.1 cm³/mol. The molecular formula is C14H17N3O4. The lowest BCUT2D eigenvalue weighted by Gasteiger charge is -2.32. The molecule has 2 N–H and O–H groups in total. The highest BCUT2D eigenvalue weighted by Gasteiger charge is 2.25. The zero-order chi connectivity index (χ0) is 15.0. The molecule has 0 radical (unpaired) electrons. The van der Waals surface area contributed by atoms with Gasteiger partial charge in [-0.15, -0.1) is 0 Å². The fourth-order valence-corrected chi connectivity index (χ4v) is 2.62. The lowest BCUT2D eigenvalue weighted by molar-refractivity contribution is -0.0447. The van der Waals surface area contributed by atoms with Crippen LogP contribution in [0.2, 0.25) is 0 Å². The van der Waals surface area contributed by atoms with E-state index in [0.717, 1.165) is 0 Å². The maximum Gasteiger partial charge on any atom is 0.254 e. The Bertz CT molecular complexity index is 682. The number of morpholine rings is 1. The summed E-state index contributed by atoms with van der Waals surface area (Å²) in [4.78, 5) is 14.1. The maximum atomic E-state index is 12.5. The fraction of sp³-hybridized carbons (Fsp3) is 0.429. The molecule has 1 amide bonds. The number of phenols is 1. The number of amides is 1. The van der Waals surface area contributed by atoms with Gasteiger partial charge in [-0.2, -0.15) is 5.10 Å². The first kappa shape index (κ1) is 13.8. The molecule has 1 atom stereocenters. The molecule has 1 aromatic carbocycles. The van der Waals surface area contributed by atoms with Crippen molar-refractivity contribution in [1.82, 2.24) is 14.7 Å². The number of aromatic nitrogens is 2. The number of aliphatic hydroxyl groups is 1. The van der Waals surface area contributed by atoms with Crippen molar-refractivity contribution >= 4 is 16.8 Å². The Balaban J connectivity index is 1.91. The monoisotopic (exact) mass is 291 g/mol. The number of rotatable bonds is 2. The molecule has 7 nitrogen and oxygen atoms in total. The topological polar surface area (TPSA) is 87.8 Å². The SMILES string of the molecule is Cn1ncc2cc(C(=O)N3CCO[C@H](CO)C3)cc(O)c21. The van der Waals surface area contributed by atoms with E-state index in [4.69, 9.17) is 9.84 Å². The summed E-state index contributed by atoms with van der Waals surface area (Å²) >= 11 is 0. The van der Waals surface area contributed by atoms with E-state index in [9.17, 15) is 9.90 Å². The third-order valence-corrected chi connectivity index (χ3v) is 3.69. The van der Waals surface area contributed by atoms with E-state index in [1.807, 2.05) is 0 Å². The number of hydrogen-bond acceptors (Lipinski definition) is 5. The minimum atomic E-state index is -0.349. The number of aliphatic hydroxyl groups excluding tert-OH is 1. The van der Waals surface area contributed by atoms with Gasteiger partial charge in [0.05, 0.1) is 25.5 Å². The van der Waals surface area contributed by atoms with Crippen molar-refractivity contribution in [2.24, 2.45) is 7.05 Å². The molecule has 1 aliphatic heterocycles. The first-order valence-electron chi connectivity index (χ1n) is 6.76. The van der Waals surface area contributed by atoms with Crippen LogP contribution in [0, 0.1) is 0 Å². The van der Waals surface area contributed by atoms with Gasteiger partial charge in [-0.3, -0.25) is 9.48 Å². The second-order valence-corrected chi connectivity index (χ2v) is 5.13. The number of aromatic hydroxyl groups is 1. The first-order chi connectivity index (χ1) is 10.1. The lowest BCUT2D eigenvalue weighted by atomic mass is 10.1. The molecule has 0 aliphatic carbocycles. The summed E-state index contributed by atoms with van der Waals surface area (Å²) in [5, 5.41) is 24.0. The largest absolute Gasteiger partial charge is 0.506 e. The number of nitrogens with zero attached hydrogens (tertiary/aromatic N) is 3. The standard InChI is InChI=1S/C14H17N3O4/c1-16-13-10(6-15-16)4-9(5-12(13)19)14(20)17-2-3-21-11(7-17)8-18/h4-6,11,18-19H,2-3,7-8H2,1H3/t11-/m0/s1. The highest BCUT2D eigenvalue weighted by Crippen LogP contribution is 2.26. The number of fused-ring (bicyclic) bond motifs is 1. The molecule has 0 spiro atoms. The summed E-state index contributed by atoms with van der Waals surface area (Å²) < 4.78 is 6.90. The Morgan fingerprint density at radius 2 is 2.33 bits per heavy atom. The number of phenolic OH excluding ortho intramolecular Hbond substituents is 1. The lowest BCUT2D eigenvalue weighted by Crippen LogP contribution is -2.46. The fourth-order valence-electron chi connectivity index (χ4n) is 2.62. The third-order valence-electron chi connectivity index (χ3n) is 3.69.